The van der Waals surface area contributed by atoms with E-state index in [0.29, 0.717) is 0 Å². The second-order valence-corrected chi connectivity index (χ2v) is 8.86. The third-order valence-corrected chi connectivity index (χ3v) is 7.50. The fourth-order valence-electron chi connectivity index (χ4n) is 3.09. The fourth-order valence-corrected chi connectivity index (χ4v) is 6.49. The third-order valence-electron chi connectivity index (χ3n) is 4.07. The molecule has 115 valence electrons. The Labute approximate surface area is 145 Å². The van der Waals surface area contributed by atoms with Crippen LogP contribution in [0.2, 0.25) is 5.02 Å². The van der Waals surface area contributed by atoms with Crippen LogP contribution in [0.1, 0.15) is 16.7 Å². The van der Waals surface area contributed by atoms with Crippen molar-refractivity contribution in [2.75, 3.05) is 0 Å². The summed E-state index contributed by atoms with van der Waals surface area (Å²) in [5.41, 5.74) is 3.95. The Hall–Kier alpha value is -1.83. The first-order valence-electron chi connectivity index (χ1n) is 7.83. The maximum atomic E-state index is 6.58. The molecule has 2 heteroatoms. The summed E-state index contributed by atoms with van der Waals surface area (Å²) in [4.78, 5) is 0. The Bertz CT molecular complexity index is 773. The van der Waals surface area contributed by atoms with E-state index >= 15 is 0 Å². The molecule has 0 aromatic heterocycles. The van der Waals surface area contributed by atoms with Crippen LogP contribution in [0.3, 0.4) is 0 Å². The number of halogens is 1. The van der Waals surface area contributed by atoms with E-state index in [2.05, 4.69) is 75.4 Å². The van der Waals surface area contributed by atoms with Gasteiger partial charge in [0.25, 0.3) is 0 Å². The summed E-state index contributed by atoms with van der Waals surface area (Å²) in [7, 11) is -1.11. The van der Waals surface area contributed by atoms with Gasteiger partial charge < -0.3 is 0 Å². The minimum atomic E-state index is -1.11. The Morgan fingerprint density at radius 1 is 0.696 bits per heavy atom. The van der Waals surface area contributed by atoms with Crippen molar-refractivity contribution in [3.05, 3.63) is 88.4 Å². The molecule has 0 aliphatic carbocycles. The van der Waals surface area contributed by atoms with Crippen molar-refractivity contribution >= 4 is 36.0 Å². The molecule has 0 bridgehead atoms. The summed E-state index contributed by atoms with van der Waals surface area (Å²) < 4.78 is 0. The van der Waals surface area contributed by atoms with Crippen molar-refractivity contribution in [2.45, 2.75) is 20.8 Å². The van der Waals surface area contributed by atoms with Gasteiger partial charge >= 0.3 is 0 Å². The van der Waals surface area contributed by atoms with Gasteiger partial charge in [-0.2, -0.15) is 0 Å². The average molecular weight is 336 g/mol. The van der Waals surface area contributed by atoms with Gasteiger partial charge in [0.1, 0.15) is 0 Å². The summed E-state index contributed by atoms with van der Waals surface area (Å²) in [5.74, 6) is 0. The zero-order valence-corrected chi connectivity index (χ0v) is 15.5. The van der Waals surface area contributed by atoms with E-state index < -0.39 is 8.80 Å². The summed E-state index contributed by atoms with van der Waals surface area (Å²) in [6.07, 6.45) is 0. The highest BCUT2D eigenvalue weighted by molar-refractivity contribution is 6.96. The molecular weight excluding hydrogens is 316 g/mol. The van der Waals surface area contributed by atoms with Gasteiger partial charge in [-0.05, 0) is 37.2 Å². The van der Waals surface area contributed by atoms with Gasteiger partial charge in [0.15, 0.2) is 8.80 Å². The molecule has 0 heterocycles. The summed E-state index contributed by atoms with van der Waals surface area (Å²) in [6, 6.07) is 23.8. The summed E-state index contributed by atoms with van der Waals surface area (Å²) in [5, 5.41) is 4.94. The number of hydrogen-bond acceptors (Lipinski definition) is 0. The van der Waals surface area contributed by atoms with Crippen LogP contribution in [0.15, 0.2) is 66.7 Å². The Balaban J connectivity index is 2.26. The van der Waals surface area contributed by atoms with Gasteiger partial charge in [0, 0.05) is 5.02 Å². The smallest absolute Gasteiger partial charge is 0.0845 e. The van der Waals surface area contributed by atoms with E-state index in [1.165, 1.54) is 32.3 Å². The monoisotopic (exact) mass is 335 g/mol. The molecule has 0 spiro atoms. The van der Waals surface area contributed by atoms with E-state index in [9.17, 15) is 0 Å². The van der Waals surface area contributed by atoms with Crippen molar-refractivity contribution in [3.8, 4) is 0 Å². The molecule has 0 aliphatic rings. The highest BCUT2D eigenvalue weighted by atomic mass is 35.5. The molecule has 0 aliphatic heterocycles. The van der Waals surface area contributed by atoms with Crippen LogP contribution >= 0.6 is 11.6 Å². The molecule has 0 unspecified atom stereocenters. The molecule has 23 heavy (non-hydrogen) atoms. The van der Waals surface area contributed by atoms with E-state index in [0.717, 1.165) is 5.02 Å². The second kappa shape index (κ2) is 6.73. The van der Waals surface area contributed by atoms with Crippen LogP contribution in [0.4, 0.5) is 0 Å². The molecule has 3 aromatic rings. The van der Waals surface area contributed by atoms with Crippen molar-refractivity contribution < 1.29 is 0 Å². The minimum absolute atomic E-state index is 0.865. The fraction of sp³-hybridized carbons (Fsp3) is 0.143. The molecule has 0 fully saturated rings. The Kier molecular flexibility index (Phi) is 4.70. The highest BCUT2D eigenvalue weighted by Crippen LogP contribution is 2.09. The molecule has 3 rings (SSSR count). The molecule has 3 aromatic carbocycles. The van der Waals surface area contributed by atoms with Gasteiger partial charge in [-0.15, -0.1) is 0 Å². The topological polar surface area (TPSA) is 0 Å². The Morgan fingerprint density at radius 3 is 1.87 bits per heavy atom. The third kappa shape index (κ3) is 3.41. The van der Waals surface area contributed by atoms with E-state index in [1.54, 1.807) is 0 Å². The van der Waals surface area contributed by atoms with Gasteiger partial charge in [0.2, 0.25) is 0 Å². The SMILES string of the molecule is Cc1cc(C)cc([Si](c2ccccc2C)c2ccccc2Cl)c1. The maximum absolute atomic E-state index is 6.58. The first kappa shape index (κ1) is 16.0. The van der Waals surface area contributed by atoms with Crippen LogP contribution in [-0.4, -0.2) is 8.80 Å². The van der Waals surface area contributed by atoms with Crippen LogP contribution in [0.5, 0.6) is 0 Å². The lowest BCUT2D eigenvalue weighted by Gasteiger charge is -2.21. The van der Waals surface area contributed by atoms with Crippen molar-refractivity contribution in [3.63, 3.8) is 0 Å². The van der Waals surface area contributed by atoms with Gasteiger partial charge in [-0.25, -0.2) is 0 Å². The minimum Gasteiger partial charge on any atom is -0.0845 e. The number of rotatable bonds is 3. The molecule has 0 N–H and O–H groups in total. The highest BCUT2D eigenvalue weighted by Gasteiger charge is 2.23. The van der Waals surface area contributed by atoms with E-state index in [1.807, 2.05) is 12.1 Å². The molecular formula is C21H20ClSi. The zero-order chi connectivity index (χ0) is 16.4. The van der Waals surface area contributed by atoms with Gasteiger partial charge in [-0.3, -0.25) is 0 Å². The first-order chi connectivity index (χ1) is 11.1. The summed E-state index contributed by atoms with van der Waals surface area (Å²) >= 11 is 6.58. The molecule has 0 saturated carbocycles. The van der Waals surface area contributed by atoms with Crippen LogP contribution in [-0.2, 0) is 0 Å². The normalized spacial score (nSPS) is 11.0. The average Bonchev–Trinajstić information content (AvgIpc) is 2.50. The van der Waals surface area contributed by atoms with E-state index in [4.69, 9.17) is 11.6 Å². The lowest BCUT2D eigenvalue weighted by atomic mass is 10.2. The lowest BCUT2D eigenvalue weighted by molar-refractivity contribution is 1.40. The van der Waals surface area contributed by atoms with E-state index in [-0.39, 0.29) is 0 Å². The van der Waals surface area contributed by atoms with Crippen LogP contribution < -0.4 is 15.6 Å². The quantitative estimate of drug-likeness (QED) is 0.505. The van der Waals surface area contributed by atoms with Crippen LogP contribution in [0, 0.1) is 20.8 Å². The van der Waals surface area contributed by atoms with Crippen molar-refractivity contribution in [2.24, 2.45) is 0 Å². The van der Waals surface area contributed by atoms with Gasteiger partial charge in [-0.1, -0.05) is 94.1 Å². The predicted molar refractivity (Wildman–Crippen MR) is 103 cm³/mol. The lowest BCUT2D eigenvalue weighted by Crippen LogP contribution is -2.53. The molecule has 0 atom stereocenters. The number of aryl methyl sites for hydroxylation is 3. The number of benzene rings is 3. The van der Waals surface area contributed by atoms with Crippen molar-refractivity contribution in [1.29, 1.82) is 0 Å². The standard InChI is InChI=1S/C21H20ClSi/c1-15-12-16(2)14-18(13-15)23(20-10-6-4-8-17(20)3)21-11-7-5-9-19(21)22/h4-14H,1-3H3. The maximum Gasteiger partial charge on any atom is 0.156 e. The largest absolute Gasteiger partial charge is 0.156 e. The first-order valence-corrected chi connectivity index (χ1v) is 9.70. The Morgan fingerprint density at radius 2 is 1.26 bits per heavy atom. The van der Waals surface area contributed by atoms with Gasteiger partial charge in [0.05, 0.1) is 0 Å². The molecule has 1 radical (unpaired) electrons. The second-order valence-electron chi connectivity index (χ2n) is 6.05. The zero-order valence-electron chi connectivity index (χ0n) is 13.7. The number of hydrogen-bond donors (Lipinski definition) is 0. The molecule has 0 nitrogen and oxygen atoms in total. The molecule has 0 saturated heterocycles. The van der Waals surface area contributed by atoms with Crippen molar-refractivity contribution in [1.82, 2.24) is 0 Å². The molecule has 0 amide bonds. The summed E-state index contributed by atoms with van der Waals surface area (Å²) in [6.45, 7) is 6.53. The predicted octanol–water partition coefficient (Wildman–Crippen LogP) is 3.78. The van der Waals surface area contributed by atoms with Crippen LogP contribution in [0.25, 0.3) is 0 Å².